The van der Waals surface area contributed by atoms with E-state index in [1.54, 1.807) is 25.2 Å². The minimum absolute atomic E-state index is 0.106. The lowest BCUT2D eigenvalue weighted by Gasteiger charge is -1.98. The molecule has 0 spiro atoms. The molecule has 0 unspecified atom stereocenters. The van der Waals surface area contributed by atoms with Gasteiger partial charge < -0.3 is 5.32 Å². The van der Waals surface area contributed by atoms with Crippen molar-refractivity contribution >= 4 is 11.4 Å². The van der Waals surface area contributed by atoms with E-state index in [0.29, 0.717) is 5.69 Å². The summed E-state index contributed by atoms with van der Waals surface area (Å²) >= 11 is 0. The first kappa shape index (κ1) is 11.4. The molecule has 0 bridgehead atoms. The van der Waals surface area contributed by atoms with Crippen LogP contribution in [0.3, 0.4) is 0 Å². The molecule has 1 N–H and O–H groups in total. The molecule has 0 aliphatic rings. The maximum atomic E-state index is 10.3. The Hall–Kier alpha value is -1.58. The number of nitro benzene ring substituents is 1. The summed E-state index contributed by atoms with van der Waals surface area (Å²) < 4.78 is 0. The number of nitrogens with zero attached hydrogens (tertiary/aromatic N) is 1. The topological polar surface area (TPSA) is 55.2 Å². The molecule has 0 fully saturated rings. The second-order valence-corrected chi connectivity index (χ2v) is 2.02. The van der Waals surface area contributed by atoms with E-state index in [2.05, 4.69) is 5.32 Å². The second kappa shape index (κ2) is 5.99. The molecule has 13 heavy (non-hydrogen) atoms. The van der Waals surface area contributed by atoms with Gasteiger partial charge in [-0.15, -0.1) is 0 Å². The van der Waals surface area contributed by atoms with Gasteiger partial charge in [-0.3, -0.25) is 10.1 Å². The van der Waals surface area contributed by atoms with Crippen LogP contribution in [0.1, 0.15) is 13.8 Å². The van der Waals surface area contributed by atoms with Crippen molar-refractivity contribution in [2.45, 2.75) is 13.8 Å². The van der Waals surface area contributed by atoms with E-state index in [1.165, 1.54) is 6.07 Å². The van der Waals surface area contributed by atoms with E-state index in [9.17, 15) is 10.1 Å². The predicted molar refractivity (Wildman–Crippen MR) is 54.0 cm³/mol. The van der Waals surface area contributed by atoms with E-state index in [-0.39, 0.29) is 5.69 Å². The zero-order valence-electron chi connectivity index (χ0n) is 8.07. The van der Waals surface area contributed by atoms with Gasteiger partial charge in [-0.25, -0.2) is 0 Å². The Kier molecular flexibility index (Phi) is 5.27. The Bertz CT molecular complexity index is 274. The highest BCUT2D eigenvalue weighted by Gasteiger charge is 2.09. The van der Waals surface area contributed by atoms with Crippen LogP contribution < -0.4 is 5.32 Å². The van der Waals surface area contributed by atoms with Crippen LogP contribution >= 0.6 is 0 Å². The standard InChI is InChI=1S/C7H8N2O2.C2H6/c1-8-6-4-2-3-5-7(6)9(10)11;1-2/h2-5,8H,1H3;1-2H3. The van der Waals surface area contributed by atoms with Crippen LogP contribution in [0.5, 0.6) is 0 Å². The minimum atomic E-state index is -0.411. The van der Waals surface area contributed by atoms with Crippen LogP contribution in [0, 0.1) is 10.1 Å². The average molecular weight is 182 g/mol. The number of nitrogens with one attached hydrogen (secondary N) is 1. The number of anilines is 1. The fourth-order valence-electron chi connectivity index (χ4n) is 0.844. The molecular weight excluding hydrogens is 168 g/mol. The largest absolute Gasteiger partial charge is 0.383 e. The van der Waals surface area contributed by atoms with Crippen molar-refractivity contribution in [2.24, 2.45) is 0 Å². The highest BCUT2D eigenvalue weighted by molar-refractivity contribution is 5.60. The summed E-state index contributed by atoms with van der Waals surface area (Å²) in [6.45, 7) is 4.00. The smallest absolute Gasteiger partial charge is 0.292 e. The van der Waals surface area contributed by atoms with Gasteiger partial charge in [0, 0.05) is 13.1 Å². The molecule has 0 amide bonds. The molecule has 0 saturated heterocycles. The lowest BCUT2D eigenvalue weighted by molar-refractivity contribution is -0.383. The van der Waals surface area contributed by atoms with Crippen molar-refractivity contribution in [2.75, 3.05) is 12.4 Å². The number of nitro groups is 1. The van der Waals surface area contributed by atoms with Crippen LogP contribution in [-0.4, -0.2) is 12.0 Å². The molecule has 0 aliphatic carbocycles. The Morgan fingerprint density at radius 1 is 1.31 bits per heavy atom. The summed E-state index contributed by atoms with van der Waals surface area (Å²) in [6.07, 6.45) is 0. The normalized spacial score (nSPS) is 8.23. The van der Waals surface area contributed by atoms with Crippen LogP contribution in [0.15, 0.2) is 24.3 Å². The third-order valence-electron chi connectivity index (χ3n) is 1.37. The first-order chi connectivity index (χ1) is 6.25. The number of benzene rings is 1. The van der Waals surface area contributed by atoms with Gasteiger partial charge >= 0.3 is 0 Å². The van der Waals surface area contributed by atoms with Crippen LogP contribution in [0.2, 0.25) is 0 Å². The fourth-order valence-corrected chi connectivity index (χ4v) is 0.844. The Labute approximate surface area is 77.7 Å². The fraction of sp³-hybridized carbons (Fsp3) is 0.333. The van der Waals surface area contributed by atoms with E-state index >= 15 is 0 Å². The SMILES string of the molecule is CC.CNc1ccccc1[N+](=O)[O-]. The summed E-state index contributed by atoms with van der Waals surface area (Å²) in [5, 5.41) is 13.1. The third-order valence-corrected chi connectivity index (χ3v) is 1.37. The molecule has 0 radical (unpaired) electrons. The first-order valence-corrected chi connectivity index (χ1v) is 4.17. The maximum absolute atomic E-state index is 10.3. The van der Waals surface area contributed by atoms with Gasteiger partial charge in [0.05, 0.1) is 4.92 Å². The second-order valence-electron chi connectivity index (χ2n) is 2.02. The number of hydrogen-bond acceptors (Lipinski definition) is 3. The Morgan fingerprint density at radius 3 is 2.23 bits per heavy atom. The molecule has 0 aromatic heterocycles. The molecule has 4 nitrogen and oxygen atoms in total. The maximum Gasteiger partial charge on any atom is 0.292 e. The van der Waals surface area contributed by atoms with Crippen LogP contribution in [0.25, 0.3) is 0 Å². The highest BCUT2D eigenvalue weighted by Crippen LogP contribution is 2.21. The summed E-state index contributed by atoms with van der Waals surface area (Å²) in [5.41, 5.74) is 0.646. The zero-order chi connectivity index (χ0) is 10.3. The van der Waals surface area contributed by atoms with Crippen molar-refractivity contribution in [3.05, 3.63) is 34.4 Å². The van der Waals surface area contributed by atoms with E-state index in [4.69, 9.17) is 0 Å². The van der Waals surface area contributed by atoms with E-state index in [1.807, 2.05) is 13.8 Å². The van der Waals surface area contributed by atoms with E-state index in [0.717, 1.165) is 0 Å². The zero-order valence-corrected chi connectivity index (χ0v) is 8.07. The molecular formula is C9H14N2O2. The van der Waals surface area contributed by atoms with Crippen molar-refractivity contribution in [3.63, 3.8) is 0 Å². The lowest BCUT2D eigenvalue weighted by Crippen LogP contribution is -1.95. The Morgan fingerprint density at radius 2 is 1.85 bits per heavy atom. The lowest BCUT2D eigenvalue weighted by atomic mass is 10.3. The summed E-state index contributed by atoms with van der Waals surface area (Å²) in [6, 6.07) is 6.52. The van der Waals surface area contributed by atoms with Crippen molar-refractivity contribution in [1.29, 1.82) is 0 Å². The molecule has 72 valence electrons. The van der Waals surface area contributed by atoms with Crippen molar-refractivity contribution in [3.8, 4) is 0 Å². The van der Waals surface area contributed by atoms with Gasteiger partial charge in [-0.1, -0.05) is 26.0 Å². The van der Waals surface area contributed by atoms with Gasteiger partial charge in [0.1, 0.15) is 5.69 Å². The van der Waals surface area contributed by atoms with Gasteiger partial charge in [-0.2, -0.15) is 0 Å². The molecule has 0 atom stereocenters. The number of hydrogen-bond donors (Lipinski definition) is 1. The molecule has 1 aromatic rings. The van der Waals surface area contributed by atoms with Crippen molar-refractivity contribution < 1.29 is 4.92 Å². The van der Waals surface area contributed by atoms with Gasteiger partial charge in [0.25, 0.3) is 5.69 Å². The summed E-state index contributed by atoms with van der Waals surface area (Å²) in [4.78, 5) is 9.94. The molecule has 0 aliphatic heterocycles. The molecule has 1 aromatic carbocycles. The minimum Gasteiger partial charge on any atom is -0.383 e. The Balaban J connectivity index is 0.000000671. The van der Waals surface area contributed by atoms with Gasteiger partial charge in [0.15, 0.2) is 0 Å². The summed E-state index contributed by atoms with van der Waals surface area (Å²) in [7, 11) is 1.66. The highest BCUT2D eigenvalue weighted by atomic mass is 16.6. The van der Waals surface area contributed by atoms with E-state index < -0.39 is 4.92 Å². The predicted octanol–water partition coefficient (Wildman–Crippen LogP) is 2.66. The molecule has 1 rings (SSSR count). The third kappa shape index (κ3) is 3.11. The molecule has 4 heteroatoms. The van der Waals surface area contributed by atoms with Gasteiger partial charge in [-0.05, 0) is 6.07 Å². The monoisotopic (exact) mass is 182 g/mol. The number of para-hydroxylation sites is 2. The quantitative estimate of drug-likeness (QED) is 0.565. The van der Waals surface area contributed by atoms with Crippen LogP contribution in [0.4, 0.5) is 11.4 Å². The molecule has 0 heterocycles. The van der Waals surface area contributed by atoms with Crippen LogP contribution in [-0.2, 0) is 0 Å². The van der Waals surface area contributed by atoms with Crippen molar-refractivity contribution in [1.82, 2.24) is 0 Å². The first-order valence-electron chi connectivity index (χ1n) is 4.17. The summed E-state index contributed by atoms with van der Waals surface area (Å²) in [5.74, 6) is 0. The average Bonchev–Trinajstić information content (AvgIpc) is 2.20. The molecule has 0 saturated carbocycles. The number of rotatable bonds is 2. The van der Waals surface area contributed by atoms with Gasteiger partial charge in [0.2, 0.25) is 0 Å².